The number of anilines is 2. The lowest BCUT2D eigenvalue weighted by Crippen LogP contribution is -2.59. The molecular formula is C46H60FN9O8S. The number of rotatable bonds is 19. The molecule has 3 aliphatic rings. The molecule has 1 saturated carbocycles. The third-order valence-electron chi connectivity index (χ3n) is 12.0. The molecule has 19 heteroatoms. The highest BCUT2D eigenvalue weighted by Crippen LogP contribution is 2.41. The first-order valence-electron chi connectivity index (χ1n) is 22.1. The summed E-state index contributed by atoms with van der Waals surface area (Å²) >= 11 is 1.51. The number of alkyl halides is 1. The van der Waals surface area contributed by atoms with Gasteiger partial charge >= 0.3 is 0 Å². The van der Waals surface area contributed by atoms with Gasteiger partial charge in [-0.05, 0) is 55.0 Å². The summed E-state index contributed by atoms with van der Waals surface area (Å²) in [6, 6.07) is 12.5. The number of amides is 3. The SMILES string of the molecule is Cc1ncsc1-c1ccc(CNC(=O)[C@@H]2C[C@@H](O)CN2C(=O)[C@@H](NC(=O)C2(F)CC2)C(C)(C)C)c(OCCOCCOCCN2CCN(c3cc(-c4ccccc4O)nnc3N)CC2)c1. The standard InChI is InChI=1S/C46H60FN9O8S/c1-29-39(65-28-50-29)30-9-10-31(26-49-42(59)36-24-32(57)27-56(36)43(60)40(45(2,3)4)51-44(61)46(47)11-12-46)38(23-30)64-22-21-63-20-19-62-18-17-54-13-15-55(16-14-54)35-25-34(52-53-41(35)48)33-7-5-6-8-37(33)58/h5-10,23,25,28,32,36,40,57-58H,11-22,24,26-27H2,1-4H3,(H2,48,53)(H,49,59)(H,51,61)/t32-,36+,40-/m1/s1. The zero-order chi connectivity index (χ0) is 46.3. The van der Waals surface area contributed by atoms with Crippen molar-refractivity contribution < 1.29 is 43.2 Å². The van der Waals surface area contributed by atoms with Gasteiger partial charge in [-0.2, -0.15) is 0 Å². The summed E-state index contributed by atoms with van der Waals surface area (Å²) in [6.07, 6.45) is -0.715. The molecule has 6 N–H and O–H groups in total. The van der Waals surface area contributed by atoms with Crippen LogP contribution in [0.25, 0.3) is 21.7 Å². The topological polar surface area (TPSA) is 218 Å². The summed E-state index contributed by atoms with van der Waals surface area (Å²) in [4.78, 5) is 51.5. The van der Waals surface area contributed by atoms with Gasteiger partial charge in [0.25, 0.3) is 5.91 Å². The molecule has 2 aromatic carbocycles. The Morgan fingerprint density at radius 1 is 1.00 bits per heavy atom. The average Bonchev–Trinajstić information content (AvgIpc) is 3.69. The fourth-order valence-corrected chi connectivity index (χ4v) is 8.78. The minimum absolute atomic E-state index is 0.0197. The number of nitrogen functional groups attached to an aromatic ring is 1. The van der Waals surface area contributed by atoms with E-state index in [4.69, 9.17) is 19.9 Å². The van der Waals surface area contributed by atoms with Crippen molar-refractivity contribution in [3.05, 3.63) is 65.3 Å². The molecule has 17 nitrogen and oxygen atoms in total. The summed E-state index contributed by atoms with van der Waals surface area (Å²) in [6.45, 7) is 13.0. The molecule has 0 radical (unpaired) electrons. The normalized spacial score (nSPS) is 18.9. The zero-order valence-corrected chi connectivity index (χ0v) is 38.2. The highest BCUT2D eigenvalue weighted by atomic mass is 32.1. The second kappa shape index (κ2) is 20.8. The number of β-amino-alcohol motifs (C(OH)–C–C–N with tert-alkyl or cyclic N) is 1. The number of halogens is 1. The number of hydrogen-bond donors (Lipinski definition) is 5. The molecule has 0 spiro atoms. The van der Waals surface area contributed by atoms with E-state index in [-0.39, 0.29) is 44.7 Å². The number of aromatic nitrogens is 3. The van der Waals surface area contributed by atoms with Gasteiger partial charge in [0.05, 0.1) is 60.0 Å². The number of aromatic hydroxyl groups is 1. The molecule has 0 unspecified atom stereocenters. The predicted octanol–water partition coefficient (Wildman–Crippen LogP) is 3.71. The number of piperazine rings is 1. The Balaban J connectivity index is 0.857. The first-order valence-corrected chi connectivity index (χ1v) is 23.0. The van der Waals surface area contributed by atoms with E-state index in [1.54, 1.807) is 44.5 Å². The maximum absolute atomic E-state index is 14.6. The monoisotopic (exact) mass is 917 g/mol. The maximum atomic E-state index is 14.6. The number of aliphatic hydroxyl groups is 1. The van der Waals surface area contributed by atoms with Gasteiger partial charge in [-0.1, -0.05) is 45.0 Å². The number of benzene rings is 2. The van der Waals surface area contributed by atoms with Crippen molar-refractivity contribution in [3.8, 4) is 33.2 Å². The van der Waals surface area contributed by atoms with Crippen LogP contribution in [0.5, 0.6) is 11.5 Å². The van der Waals surface area contributed by atoms with Gasteiger partial charge in [0, 0.05) is 63.4 Å². The lowest BCUT2D eigenvalue weighted by molar-refractivity contribution is -0.145. The zero-order valence-electron chi connectivity index (χ0n) is 37.4. The van der Waals surface area contributed by atoms with Crippen LogP contribution in [-0.2, 0) is 30.4 Å². The number of aliphatic hydroxyl groups excluding tert-OH is 1. The second-order valence-corrected chi connectivity index (χ2v) is 18.7. The number of phenols is 1. The molecule has 350 valence electrons. The van der Waals surface area contributed by atoms with Gasteiger partial charge in [0.2, 0.25) is 11.8 Å². The van der Waals surface area contributed by atoms with Crippen LogP contribution >= 0.6 is 11.3 Å². The molecule has 65 heavy (non-hydrogen) atoms. The number of para-hydroxylation sites is 1. The molecule has 2 saturated heterocycles. The number of likely N-dealkylation sites (tertiary alicyclic amines) is 1. The Morgan fingerprint density at radius 2 is 1.72 bits per heavy atom. The average molecular weight is 918 g/mol. The predicted molar refractivity (Wildman–Crippen MR) is 244 cm³/mol. The summed E-state index contributed by atoms with van der Waals surface area (Å²) < 4.78 is 32.6. The van der Waals surface area contributed by atoms with Crippen molar-refractivity contribution >= 4 is 40.6 Å². The van der Waals surface area contributed by atoms with Crippen LogP contribution < -0.4 is 26.0 Å². The van der Waals surface area contributed by atoms with Crippen molar-refractivity contribution in [2.75, 3.05) is 82.9 Å². The first kappa shape index (κ1) is 47.5. The van der Waals surface area contributed by atoms with Crippen LogP contribution in [0.1, 0.15) is 51.3 Å². The molecule has 3 atom stereocenters. The van der Waals surface area contributed by atoms with Crippen molar-refractivity contribution in [2.24, 2.45) is 5.41 Å². The smallest absolute Gasteiger partial charge is 0.258 e. The summed E-state index contributed by atoms with van der Waals surface area (Å²) in [5.74, 6) is -0.815. The number of nitrogens with zero attached hydrogens (tertiary/aromatic N) is 6. The van der Waals surface area contributed by atoms with Crippen LogP contribution in [0.3, 0.4) is 0 Å². The number of ether oxygens (including phenoxy) is 3. The molecule has 2 aliphatic heterocycles. The van der Waals surface area contributed by atoms with E-state index in [0.29, 0.717) is 54.8 Å². The van der Waals surface area contributed by atoms with Crippen LogP contribution in [0.15, 0.2) is 54.0 Å². The number of phenolic OH excluding ortho intramolecular Hbond substituents is 1. The fourth-order valence-electron chi connectivity index (χ4n) is 7.98. The third kappa shape index (κ3) is 11.9. The van der Waals surface area contributed by atoms with E-state index in [1.165, 1.54) is 16.2 Å². The van der Waals surface area contributed by atoms with Crippen molar-refractivity contribution in [1.29, 1.82) is 0 Å². The Labute approximate surface area is 382 Å². The van der Waals surface area contributed by atoms with Crippen LogP contribution in [0.4, 0.5) is 15.9 Å². The van der Waals surface area contributed by atoms with E-state index in [2.05, 4.69) is 35.6 Å². The van der Waals surface area contributed by atoms with Crippen molar-refractivity contribution in [3.63, 3.8) is 0 Å². The number of nitrogens with one attached hydrogen (secondary N) is 2. The maximum Gasteiger partial charge on any atom is 0.258 e. The molecule has 0 bridgehead atoms. The van der Waals surface area contributed by atoms with Crippen molar-refractivity contribution in [1.82, 2.24) is 35.6 Å². The van der Waals surface area contributed by atoms with Gasteiger partial charge in [0.1, 0.15) is 30.2 Å². The van der Waals surface area contributed by atoms with Crippen LogP contribution in [0, 0.1) is 12.3 Å². The summed E-state index contributed by atoms with van der Waals surface area (Å²) in [7, 11) is 0. The molecule has 4 aromatic rings. The Hall–Kier alpha value is -5.47. The quantitative estimate of drug-likeness (QED) is 0.0849. The number of carbonyl (C=O) groups is 3. The third-order valence-corrected chi connectivity index (χ3v) is 13.0. The largest absolute Gasteiger partial charge is 0.507 e. The van der Waals surface area contributed by atoms with E-state index >= 15 is 0 Å². The Morgan fingerprint density at radius 3 is 2.42 bits per heavy atom. The molecule has 2 aromatic heterocycles. The molecule has 1 aliphatic carbocycles. The van der Waals surface area contributed by atoms with E-state index in [1.807, 2.05) is 37.3 Å². The fraction of sp³-hybridized carbons (Fsp3) is 0.522. The highest BCUT2D eigenvalue weighted by Gasteiger charge is 2.53. The van der Waals surface area contributed by atoms with Crippen LogP contribution in [-0.4, -0.2) is 149 Å². The Kier molecular flexibility index (Phi) is 15.2. The van der Waals surface area contributed by atoms with Gasteiger partial charge in [-0.15, -0.1) is 21.5 Å². The highest BCUT2D eigenvalue weighted by molar-refractivity contribution is 7.13. The second-order valence-electron chi connectivity index (χ2n) is 17.9. The molecule has 7 rings (SSSR count). The summed E-state index contributed by atoms with van der Waals surface area (Å²) in [5.41, 5.74) is 9.68. The molecular weight excluding hydrogens is 858 g/mol. The van der Waals surface area contributed by atoms with Gasteiger partial charge < -0.3 is 50.6 Å². The van der Waals surface area contributed by atoms with E-state index in [9.17, 15) is 29.0 Å². The number of aryl methyl sites for hydroxylation is 1. The minimum Gasteiger partial charge on any atom is -0.507 e. The van der Waals surface area contributed by atoms with E-state index in [0.717, 1.165) is 54.5 Å². The van der Waals surface area contributed by atoms with Gasteiger partial charge in [-0.3, -0.25) is 19.3 Å². The molecule has 3 amide bonds. The van der Waals surface area contributed by atoms with Gasteiger partial charge in [-0.25, -0.2) is 9.37 Å². The van der Waals surface area contributed by atoms with Crippen LogP contribution in [0.2, 0.25) is 0 Å². The van der Waals surface area contributed by atoms with Gasteiger partial charge in [0.15, 0.2) is 11.5 Å². The molecule has 3 fully saturated rings. The van der Waals surface area contributed by atoms with Crippen molar-refractivity contribution in [2.45, 2.75) is 77.4 Å². The number of nitrogens with two attached hydrogens (primary N) is 1. The van der Waals surface area contributed by atoms with E-state index < -0.39 is 47.0 Å². The number of thiazole rings is 1. The first-order chi connectivity index (χ1) is 31.1. The number of hydrogen-bond acceptors (Lipinski definition) is 15. The summed E-state index contributed by atoms with van der Waals surface area (Å²) in [5, 5.41) is 34.8. The lowest BCUT2D eigenvalue weighted by atomic mass is 9.85. The minimum atomic E-state index is -1.97. The number of carbonyl (C=O) groups excluding carboxylic acids is 3. The molecule has 4 heterocycles. The Bertz CT molecular complexity index is 2300. The lowest BCUT2D eigenvalue weighted by Gasteiger charge is -2.36.